The van der Waals surface area contributed by atoms with E-state index in [4.69, 9.17) is 0 Å². The molecule has 0 saturated heterocycles. The predicted octanol–water partition coefficient (Wildman–Crippen LogP) is 3.03. The van der Waals surface area contributed by atoms with Gasteiger partial charge in [-0.2, -0.15) is 0 Å². The van der Waals surface area contributed by atoms with Crippen molar-refractivity contribution >= 4 is 11.8 Å². The molecule has 0 amide bonds. The third kappa shape index (κ3) is 4.19. The van der Waals surface area contributed by atoms with Crippen molar-refractivity contribution in [3.8, 4) is 0 Å². The summed E-state index contributed by atoms with van der Waals surface area (Å²) in [6.45, 7) is 7.05. The van der Waals surface area contributed by atoms with Crippen LogP contribution in [0.2, 0.25) is 0 Å². The zero-order chi connectivity index (χ0) is 16.3. The van der Waals surface area contributed by atoms with Gasteiger partial charge in [0, 0.05) is 17.4 Å². The van der Waals surface area contributed by atoms with Crippen LogP contribution in [0.1, 0.15) is 37.9 Å². The first-order chi connectivity index (χ1) is 11.0. The molecule has 0 radical (unpaired) electrons. The fraction of sp³-hybridized carbons (Fsp3) is 0.375. The number of nitrogens with one attached hydrogen (secondary N) is 1. The van der Waals surface area contributed by atoms with Crippen molar-refractivity contribution in [3.63, 3.8) is 0 Å². The van der Waals surface area contributed by atoms with E-state index in [2.05, 4.69) is 58.4 Å². The van der Waals surface area contributed by atoms with Gasteiger partial charge in [-0.05, 0) is 5.56 Å². The molecule has 3 rings (SSSR count). The smallest absolute Gasteiger partial charge is 0.208 e. The summed E-state index contributed by atoms with van der Waals surface area (Å²) in [7, 11) is 0. The maximum Gasteiger partial charge on any atom is 0.208 e. The van der Waals surface area contributed by atoms with Crippen LogP contribution in [0.4, 0.5) is 0 Å². The molecule has 23 heavy (non-hydrogen) atoms. The molecular weight excluding hydrogens is 308 g/mol. The highest BCUT2D eigenvalue weighted by Gasteiger charge is 2.18. The number of hydrogen-bond acceptors (Lipinski definition) is 5. The van der Waals surface area contributed by atoms with Crippen molar-refractivity contribution < 1.29 is 0 Å². The van der Waals surface area contributed by atoms with E-state index in [0.717, 1.165) is 23.2 Å². The molecule has 1 aromatic carbocycles. The lowest BCUT2D eigenvalue weighted by molar-refractivity contribution is 0.547. The fourth-order valence-corrected chi connectivity index (χ4v) is 2.71. The van der Waals surface area contributed by atoms with Gasteiger partial charge in [0.2, 0.25) is 5.16 Å². The minimum Gasteiger partial charge on any atom is -0.262 e. The second-order valence-electron chi connectivity index (χ2n) is 6.40. The molecule has 0 saturated carbocycles. The van der Waals surface area contributed by atoms with E-state index in [1.54, 1.807) is 11.8 Å². The number of rotatable bonds is 5. The summed E-state index contributed by atoms with van der Waals surface area (Å²) in [6.07, 6.45) is 1.97. The quantitative estimate of drug-likeness (QED) is 0.729. The molecule has 0 aliphatic heterocycles. The van der Waals surface area contributed by atoms with Crippen molar-refractivity contribution in [1.29, 1.82) is 0 Å². The monoisotopic (exact) mass is 328 g/mol. The Kier molecular flexibility index (Phi) is 4.47. The minimum absolute atomic E-state index is 0.0232. The Bertz CT molecular complexity index is 756. The first-order valence-electron chi connectivity index (χ1n) is 7.49. The van der Waals surface area contributed by atoms with E-state index < -0.39 is 0 Å². The second kappa shape index (κ2) is 6.54. The molecule has 0 atom stereocenters. The second-order valence-corrected chi connectivity index (χ2v) is 7.34. The Hall–Kier alpha value is -2.15. The molecule has 0 aliphatic rings. The van der Waals surface area contributed by atoms with Crippen LogP contribution in [0, 0.1) is 0 Å². The van der Waals surface area contributed by atoms with Crippen LogP contribution in [-0.4, -0.2) is 30.2 Å². The van der Waals surface area contributed by atoms with Gasteiger partial charge in [0.15, 0.2) is 0 Å². The van der Waals surface area contributed by atoms with Gasteiger partial charge in [-0.1, -0.05) is 68.1 Å². The molecule has 1 N–H and O–H groups in total. The summed E-state index contributed by atoms with van der Waals surface area (Å²) in [6, 6.07) is 10.2. The Morgan fingerprint density at radius 2 is 1.96 bits per heavy atom. The Morgan fingerprint density at radius 1 is 1.17 bits per heavy atom. The Morgan fingerprint density at radius 3 is 2.65 bits per heavy atom. The molecule has 2 aromatic heterocycles. The predicted molar refractivity (Wildman–Crippen MR) is 90.2 cm³/mol. The van der Waals surface area contributed by atoms with Gasteiger partial charge >= 0.3 is 0 Å². The highest BCUT2D eigenvalue weighted by atomic mass is 32.2. The number of hydrogen-bond donors (Lipinski definition) is 1. The van der Waals surface area contributed by atoms with E-state index in [1.165, 1.54) is 5.56 Å². The van der Waals surface area contributed by atoms with Crippen molar-refractivity contribution in [3.05, 3.63) is 53.6 Å². The summed E-state index contributed by atoms with van der Waals surface area (Å²) in [5.41, 5.74) is 2.11. The number of nitrogens with zero attached hydrogens (tertiary/aromatic N) is 5. The van der Waals surface area contributed by atoms with Crippen LogP contribution < -0.4 is 0 Å². The first kappa shape index (κ1) is 15.7. The molecule has 0 bridgehead atoms. The van der Waals surface area contributed by atoms with Crippen LogP contribution >= 0.6 is 11.8 Å². The highest BCUT2D eigenvalue weighted by Crippen LogP contribution is 2.22. The van der Waals surface area contributed by atoms with Gasteiger partial charge in [0.25, 0.3) is 0 Å². The van der Waals surface area contributed by atoms with Gasteiger partial charge < -0.3 is 0 Å². The molecular formula is C16H20N6S. The van der Waals surface area contributed by atoms with E-state index in [-0.39, 0.29) is 5.41 Å². The van der Waals surface area contributed by atoms with E-state index in [1.807, 2.05) is 29.1 Å². The number of H-pyrrole nitrogens is 1. The van der Waals surface area contributed by atoms with Crippen LogP contribution in [0.5, 0.6) is 0 Å². The summed E-state index contributed by atoms with van der Waals surface area (Å²) in [5.74, 6) is 1.60. The Balaban J connectivity index is 1.58. The first-order valence-corrected chi connectivity index (χ1v) is 8.48. The third-order valence-corrected chi connectivity index (χ3v) is 4.18. The molecule has 0 aliphatic carbocycles. The number of benzene rings is 1. The molecule has 0 spiro atoms. The average molecular weight is 328 g/mol. The van der Waals surface area contributed by atoms with Gasteiger partial charge in [-0.15, -0.1) is 10.2 Å². The van der Waals surface area contributed by atoms with Crippen LogP contribution in [0.25, 0.3) is 0 Å². The largest absolute Gasteiger partial charge is 0.262 e. The summed E-state index contributed by atoms with van der Waals surface area (Å²) >= 11 is 1.56. The topological polar surface area (TPSA) is 72.3 Å². The zero-order valence-electron chi connectivity index (χ0n) is 13.5. The van der Waals surface area contributed by atoms with Crippen molar-refractivity contribution in [2.75, 3.05) is 0 Å². The van der Waals surface area contributed by atoms with Gasteiger partial charge in [0.1, 0.15) is 5.82 Å². The molecule has 6 nitrogen and oxygen atoms in total. The Labute approximate surface area is 139 Å². The average Bonchev–Trinajstić information content (AvgIpc) is 3.15. The van der Waals surface area contributed by atoms with Crippen molar-refractivity contribution in [1.82, 2.24) is 30.2 Å². The lowest BCUT2D eigenvalue weighted by Gasteiger charge is -2.12. The molecule has 3 aromatic rings. The van der Waals surface area contributed by atoms with E-state index in [0.29, 0.717) is 5.75 Å². The standard InChI is InChI=1S/C16H20N6S/c1-16(2,3)14-17-15(20-19-14)23-11-13-10-22(21-18-13)9-12-7-5-4-6-8-12/h4-8,10H,9,11H2,1-3H3,(H,17,19,20). The zero-order valence-corrected chi connectivity index (χ0v) is 14.3. The lowest BCUT2D eigenvalue weighted by atomic mass is 9.96. The lowest BCUT2D eigenvalue weighted by Crippen LogP contribution is -2.13. The number of aromatic amines is 1. The van der Waals surface area contributed by atoms with E-state index >= 15 is 0 Å². The SMILES string of the molecule is CC(C)(C)c1nc(SCc2cn(Cc3ccccc3)nn2)n[nH]1. The van der Waals surface area contributed by atoms with Crippen LogP contribution in [0.15, 0.2) is 41.7 Å². The van der Waals surface area contributed by atoms with E-state index in [9.17, 15) is 0 Å². The molecule has 120 valence electrons. The van der Waals surface area contributed by atoms with Crippen molar-refractivity contribution in [2.45, 2.75) is 43.6 Å². The van der Waals surface area contributed by atoms with Gasteiger partial charge in [-0.3, -0.25) is 5.10 Å². The van der Waals surface area contributed by atoms with Crippen molar-refractivity contribution in [2.24, 2.45) is 0 Å². The van der Waals surface area contributed by atoms with Gasteiger partial charge in [0.05, 0.1) is 12.2 Å². The maximum absolute atomic E-state index is 4.51. The maximum atomic E-state index is 4.51. The minimum atomic E-state index is -0.0232. The summed E-state index contributed by atoms with van der Waals surface area (Å²) in [4.78, 5) is 4.51. The molecule has 0 fully saturated rings. The number of thioether (sulfide) groups is 1. The summed E-state index contributed by atoms with van der Waals surface area (Å²) in [5, 5.41) is 16.4. The van der Waals surface area contributed by atoms with Crippen LogP contribution in [-0.2, 0) is 17.7 Å². The molecule has 0 unspecified atom stereocenters. The van der Waals surface area contributed by atoms with Crippen LogP contribution in [0.3, 0.4) is 0 Å². The fourth-order valence-electron chi connectivity index (χ4n) is 2.04. The van der Waals surface area contributed by atoms with Gasteiger partial charge in [-0.25, -0.2) is 9.67 Å². The number of aromatic nitrogens is 6. The molecule has 7 heteroatoms. The highest BCUT2D eigenvalue weighted by molar-refractivity contribution is 7.98. The summed E-state index contributed by atoms with van der Waals surface area (Å²) < 4.78 is 1.85. The third-order valence-electron chi connectivity index (χ3n) is 3.30. The molecule has 2 heterocycles. The normalized spacial score (nSPS) is 11.8.